The fourth-order valence-electron chi connectivity index (χ4n) is 3.64. The SMILES string of the molecule is CN(C)C(=O)c1ccc2c(c1)N(C)[C@H](CC(=O)N1CCNC(=O)C1(C)C)CO2. The summed E-state index contributed by atoms with van der Waals surface area (Å²) >= 11 is 0. The number of carbonyl (C=O) groups is 3. The number of rotatable bonds is 3. The van der Waals surface area contributed by atoms with Gasteiger partial charge >= 0.3 is 0 Å². The summed E-state index contributed by atoms with van der Waals surface area (Å²) in [7, 11) is 5.32. The number of benzene rings is 1. The van der Waals surface area contributed by atoms with Crippen LogP contribution in [-0.2, 0) is 9.59 Å². The molecule has 0 aliphatic carbocycles. The molecule has 1 saturated heterocycles. The third kappa shape index (κ3) is 3.50. The minimum atomic E-state index is -0.868. The van der Waals surface area contributed by atoms with Crippen LogP contribution in [0.3, 0.4) is 0 Å². The lowest BCUT2D eigenvalue weighted by atomic mass is 9.97. The number of nitrogens with zero attached hydrogens (tertiary/aromatic N) is 3. The second kappa shape index (κ2) is 7.33. The molecule has 1 aromatic rings. The zero-order chi connectivity index (χ0) is 20.6. The van der Waals surface area contributed by atoms with Crippen molar-refractivity contribution in [1.82, 2.24) is 15.1 Å². The molecular weight excluding hydrogens is 360 g/mol. The largest absolute Gasteiger partial charge is 0.489 e. The highest BCUT2D eigenvalue weighted by molar-refractivity contribution is 5.95. The highest BCUT2D eigenvalue weighted by Gasteiger charge is 2.41. The van der Waals surface area contributed by atoms with Gasteiger partial charge in [0.2, 0.25) is 11.8 Å². The van der Waals surface area contributed by atoms with Crippen LogP contribution in [0.15, 0.2) is 18.2 Å². The quantitative estimate of drug-likeness (QED) is 0.825. The van der Waals surface area contributed by atoms with Crippen LogP contribution >= 0.6 is 0 Å². The van der Waals surface area contributed by atoms with Gasteiger partial charge < -0.3 is 24.8 Å². The molecule has 3 amide bonds. The highest BCUT2D eigenvalue weighted by Crippen LogP contribution is 2.35. The first kappa shape index (κ1) is 20.0. The van der Waals surface area contributed by atoms with E-state index in [1.54, 1.807) is 51.0 Å². The number of nitrogens with one attached hydrogen (secondary N) is 1. The minimum Gasteiger partial charge on any atom is -0.489 e. The Morgan fingerprint density at radius 1 is 1.32 bits per heavy atom. The number of piperazine rings is 1. The number of ether oxygens (including phenoxy) is 1. The van der Waals surface area contributed by atoms with Gasteiger partial charge in [0.05, 0.1) is 18.2 Å². The molecule has 1 atom stereocenters. The van der Waals surface area contributed by atoms with Gasteiger partial charge in [-0.25, -0.2) is 0 Å². The first-order valence-corrected chi connectivity index (χ1v) is 9.43. The molecule has 0 saturated carbocycles. The molecule has 8 nitrogen and oxygen atoms in total. The monoisotopic (exact) mass is 388 g/mol. The van der Waals surface area contributed by atoms with Gasteiger partial charge in [-0.05, 0) is 32.0 Å². The molecule has 2 heterocycles. The van der Waals surface area contributed by atoms with Gasteiger partial charge in [0.25, 0.3) is 5.91 Å². The smallest absolute Gasteiger partial charge is 0.253 e. The summed E-state index contributed by atoms with van der Waals surface area (Å²) in [5, 5.41) is 2.80. The number of amides is 3. The molecule has 2 aliphatic rings. The van der Waals surface area contributed by atoms with E-state index < -0.39 is 5.54 Å². The van der Waals surface area contributed by atoms with E-state index in [4.69, 9.17) is 4.74 Å². The fourth-order valence-corrected chi connectivity index (χ4v) is 3.64. The summed E-state index contributed by atoms with van der Waals surface area (Å²) in [6, 6.07) is 5.16. The van der Waals surface area contributed by atoms with Crippen molar-refractivity contribution in [3.8, 4) is 5.75 Å². The Kier molecular flexibility index (Phi) is 5.23. The summed E-state index contributed by atoms with van der Waals surface area (Å²) in [4.78, 5) is 42.5. The van der Waals surface area contributed by atoms with Gasteiger partial charge in [0.15, 0.2) is 0 Å². The maximum absolute atomic E-state index is 13.0. The van der Waals surface area contributed by atoms with Crippen molar-refractivity contribution in [1.29, 1.82) is 0 Å². The molecule has 0 aromatic heterocycles. The number of anilines is 1. The molecule has 152 valence electrons. The molecule has 0 spiro atoms. The summed E-state index contributed by atoms with van der Waals surface area (Å²) < 4.78 is 5.85. The predicted octanol–water partition coefficient (Wildman–Crippen LogP) is 0.713. The van der Waals surface area contributed by atoms with Crippen molar-refractivity contribution in [3.05, 3.63) is 23.8 Å². The van der Waals surface area contributed by atoms with Crippen LogP contribution in [0, 0.1) is 0 Å². The minimum absolute atomic E-state index is 0.0794. The van der Waals surface area contributed by atoms with E-state index in [0.717, 1.165) is 5.69 Å². The summed E-state index contributed by atoms with van der Waals surface area (Å²) in [6.45, 7) is 4.84. The lowest BCUT2D eigenvalue weighted by Gasteiger charge is -2.43. The average molecular weight is 388 g/mol. The van der Waals surface area contributed by atoms with E-state index >= 15 is 0 Å². The molecular formula is C20H28N4O4. The number of fused-ring (bicyclic) bond motifs is 1. The Morgan fingerprint density at radius 2 is 2.04 bits per heavy atom. The number of carbonyl (C=O) groups excluding carboxylic acids is 3. The lowest BCUT2D eigenvalue weighted by molar-refractivity contribution is -0.149. The summed E-state index contributed by atoms with van der Waals surface area (Å²) in [6.07, 6.45) is 0.235. The van der Waals surface area contributed by atoms with E-state index in [1.807, 2.05) is 11.9 Å². The maximum Gasteiger partial charge on any atom is 0.253 e. The second-order valence-corrected chi connectivity index (χ2v) is 8.02. The molecule has 8 heteroatoms. The van der Waals surface area contributed by atoms with Crippen LogP contribution in [0.5, 0.6) is 5.75 Å². The molecule has 1 aromatic carbocycles. The average Bonchev–Trinajstić information content (AvgIpc) is 2.65. The van der Waals surface area contributed by atoms with Crippen molar-refractivity contribution in [2.24, 2.45) is 0 Å². The fraction of sp³-hybridized carbons (Fsp3) is 0.550. The van der Waals surface area contributed by atoms with Crippen LogP contribution in [0.4, 0.5) is 5.69 Å². The molecule has 1 fully saturated rings. The first-order valence-electron chi connectivity index (χ1n) is 9.43. The number of likely N-dealkylation sites (N-methyl/N-ethyl adjacent to an activating group) is 1. The van der Waals surface area contributed by atoms with E-state index in [2.05, 4.69) is 5.32 Å². The molecule has 28 heavy (non-hydrogen) atoms. The summed E-state index contributed by atoms with van der Waals surface area (Å²) in [5.74, 6) is 0.386. The number of hydrogen-bond donors (Lipinski definition) is 1. The zero-order valence-electron chi connectivity index (χ0n) is 17.1. The van der Waals surface area contributed by atoms with Crippen molar-refractivity contribution >= 4 is 23.4 Å². The molecule has 0 unspecified atom stereocenters. The Labute approximate surface area is 165 Å². The first-order chi connectivity index (χ1) is 13.1. The van der Waals surface area contributed by atoms with Crippen LogP contribution < -0.4 is 15.0 Å². The standard InChI is InChI=1S/C20H28N4O4/c1-20(2)19(27)21-8-9-24(20)17(25)11-14-12-28-16-7-6-13(18(26)22(3)4)10-15(16)23(14)5/h6-7,10,14H,8-9,11-12H2,1-5H3,(H,21,27)/t14-/m1/s1. The van der Waals surface area contributed by atoms with Crippen molar-refractivity contribution < 1.29 is 19.1 Å². The van der Waals surface area contributed by atoms with E-state index in [1.165, 1.54) is 4.90 Å². The maximum atomic E-state index is 13.0. The number of hydrogen-bond acceptors (Lipinski definition) is 5. The van der Waals surface area contributed by atoms with Gasteiger partial charge in [-0.1, -0.05) is 0 Å². The van der Waals surface area contributed by atoms with Gasteiger partial charge in [-0.2, -0.15) is 0 Å². The lowest BCUT2D eigenvalue weighted by Crippen LogP contribution is -2.64. The Hall–Kier alpha value is -2.77. The van der Waals surface area contributed by atoms with E-state index in [0.29, 0.717) is 31.0 Å². The van der Waals surface area contributed by atoms with Gasteiger partial charge in [0, 0.05) is 39.8 Å². The van der Waals surface area contributed by atoms with Crippen LogP contribution in [0.2, 0.25) is 0 Å². The van der Waals surface area contributed by atoms with Gasteiger partial charge in [0.1, 0.15) is 17.9 Å². The highest BCUT2D eigenvalue weighted by atomic mass is 16.5. The second-order valence-electron chi connectivity index (χ2n) is 8.02. The molecule has 2 aliphatic heterocycles. The van der Waals surface area contributed by atoms with Crippen LogP contribution in [0.1, 0.15) is 30.6 Å². The predicted molar refractivity (Wildman–Crippen MR) is 106 cm³/mol. The Morgan fingerprint density at radius 3 is 2.71 bits per heavy atom. The van der Waals surface area contributed by atoms with Gasteiger partial charge in [-0.3, -0.25) is 14.4 Å². The zero-order valence-corrected chi connectivity index (χ0v) is 17.1. The third-order valence-corrected chi connectivity index (χ3v) is 5.53. The van der Waals surface area contributed by atoms with Crippen LogP contribution in [-0.4, -0.2) is 79.9 Å². The topological polar surface area (TPSA) is 82.2 Å². The normalized spacial score (nSPS) is 20.8. The molecule has 3 rings (SSSR count). The van der Waals surface area contributed by atoms with Crippen molar-refractivity contribution in [2.75, 3.05) is 45.7 Å². The van der Waals surface area contributed by atoms with Crippen molar-refractivity contribution in [2.45, 2.75) is 31.8 Å². The van der Waals surface area contributed by atoms with Gasteiger partial charge in [-0.15, -0.1) is 0 Å². The molecule has 1 N–H and O–H groups in total. The van der Waals surface area contributed by atoms with E-state index in [-0.39, 0.29) is 30.2 Å². The van der Waals surface area contributed by atoms with E-state index in [9.17, 15) is 14.4 Å². The molecule has 0 bridgehead atoms. The van der Waals surface area contributed by atoms with Crippen LogP contribution in [0.25, 0.3) is 0 Å². The molecule has 0 radical (unpaired) electrons. The summed E-state index contributed by atoms with van der Waals surface area (Å²) in [5.41, 5.74) is 0.486. The van der Waals surface area contributed by atoms with Crippen molar-refractivity contribution in [3.63, 3.8) is 0 Å². The Bertz CT molecular complexity index is 805. The third-order valence-electron chi connectivity index (χ3n) is 5.53. The Balaban J connectivity index is 1.77.